The van der Waals surface area contributed by atoms with E-state index < -0.39 is 23.7 Å². The van der Waals surface area contributed by atoms with Crippen molar-refractivity contribution in [3.8, 4) is 0 Å². The third-order valence-electron chi connectivity index (χ3n) is 11.5. The van der Waals surface area contributed by atoms with E-state index >= 15 is 0 Å². The third kappa shape index (κ3) is 7.64. The van der Waals surface area contributed by atoms with Crippen molar-refractivity contribution in [1.29, 1.82) is 0 Å². The van der Waals surface area contributed by atoms with E-state index in [1.807, 2.05) is 0 Å². The van der Waals surface area contributed by atoms with Crippen LogP contribution < -0.4 is 0 Å². The second kappa shape index (κ2) is 13.5. The standard InChI is InChI=1S/C35H52F4O/c1-3-4-24-5-7-25(8-6-24)9-10-26-11-16-28(17-12-26)29-18-13-27(14-19-29)15-20-30-23(2)21-31(32-22-40-32)34(36)33(30)35(37,38)39/h21,24-29,32H,3-20,22H2,1-2H3. The molecule has 0 spiro atoms. The molecule has 1 aromatic rings. The number of ether oxygens (including phenoxy) is 1. The Morgan fingerprint density at radius 3 is 1.62 bits per heavy atom. The van der Waals surface area contributed by atoms with E-state index in [4.69, 9.17) is 4.74 Å². The summed E-state index contributed by atoms with van der Waals surface area (Å²) in [6.07, 6.45) is 17.6. The molecule has 3 aliphatic carbocycles. The second-order valence-corrected chi connectivity index (χ2v) is 14.1. The smallest absolute Gasteiger partial charge is 0.368 e. The largest absolute Gasteiger partial charge is 0.419 e. The van der Waals surface area contributed by atoms with Gasteiger partial charge in [-0.25, -0.2) is 4.39 Å². The Morgan fingerprint density at radius 1 is 0.725 bits per heavy atom. The van der Waals surface area contributed by atoms with Gasteiger partial charge in [0.25, 0.3) is 0 Å². The Hall–Kier alpha value is -1.10. The van der Waals surface area contributed by atoms with E-state index in [0.717, 1.165) is 48.9 Å². The monoisotopic (exact) mass is 564 g/mol. The molecule has 0 radical (unpaired) electrons. The Balaban J connectivity index is 1.04. The molecule has 1 aliphatic heterocycles. The van der Waals surface area contributed by atoms with Gasteiger partial charge in [0.15, 0.2) is 0 Å². The Morgan fingerprint density at radius 2 is 1.18 bits per heavy atom. The molecule has 1 aromatic carbocycles. The summed E-state index contributed by atoms with van der Waals surface area (Å²) in [5.41, 5.74) is -0.274. The Labute approximate surface area is 240 Å². The molecule has 1 atom stereocenters. The lowest BCUT2D eigenvalue weighted by atomic mass is 9.67. The molecular weight excluding hydrogens is 512 g/mol. The minimum Gasteiger partial charge on any atom is -0.368 e. The molecule has 3 saturated carbocycles. The molecule has 4 aliphatic rings. The van der Waals surface area contributed by atoms with Crippen molar-refractivity contribution in [3.63, 3.8) is 0 Å². The zero-order valence-electron chi connectivity index (χ0n) is 25.0. The van der Waals surface area contributed by atoms with E-state index in [1.165, 1.54) is 89.9 Å². The van der Waals surface area contributed by atoms with Gasteiger partial charge in [-0.15, -0.1) is 0 Å². The second-order valence-electron chi connectivity index (χ2n) is 14.1. The van der Waals surface area contributed by atoms with E-state index in [1.54, 1.807) is 13.0 Å². The number of halogens is 4. The predicted molar refractivity (Wildman–Crippen MR) is 154 cm³/mol. The fourth-order valence-corrected chi connectivity index (χ4v) is 8.87. The minimum absolute atomic E-state index is 0.0679. The van der Waals surface area contributed by atoms with Crippen LogP contribution in [0.5, 0.6) is 0 Å². The summed E-state index contributed by atoms with van der Waals surface area (Å²) in [6, 6.07) is 1.59. The summed E-state index contributed by atoms with van der Waals surface area (Å²) in [5, 5.41) is 0. The molecule has 226 valence electrons. The van der Waals surface area contributed by atoms with E-state index in [2.05, 4.69) is 6.92 Å². The van der Waals surface area contributed by atoms with E-state index in [-0.39, 0.29) is 11.1 Å². The highest BCUT2D eigenvalue weighted by molar-refractivity contribution is 5.43. The number of benzene rings is 1. The predicted octanol–water partition coefficient (Wildman–Crippen LogP) is 11.2. The minimum atomic E-state index is -4.68. The number of epoxide rings is 1. The van der Waals surface area contributed by atoms with Gasteiger partial charge in [-0.05, 0) is 92.1 Å². The molecule has 0 N–H and O–H groups in total. The van der Waals surface area contributed by atoms with Gasteiger partial charge >= 0.3 is 6.18 Å². The van der Waals surface area contributed by atoms with Crippen molar-refractivity contribution in [2.24, 2.45) is 35.5 Å². The molecule has 0 amide bonds. The summed E-state index contributed by atoms with van der Waals surface area (Å²) in [6.45, 7) is 4.32. The van der Waals surface area contributed by atoms with Gasteiger partial charge in [-0.1, -0.05) is 90.0 Å². The lowest BCUT2D eigenvalue weighted by Gasteiger charge is -2.38. The molecule has 1 heterocycles. The molecule has 1 unspecified atom stereocenters. The molecule has 1 saturated heterocycles. The van der Waals surface area contributed by atoms with Crippen molar-refractivity contribution >= 4 is 0 Å². The highest BCUT2D eigenvalue weighted by Crippen LogP contribution is 2.46. The molecule has 5 heteroatoms. The SMILES string of the molecule is CCCC1CCC(CCC2CCC(C3CCC(CCc4c(C)cc(C5CO5)c(F)c4C(F)(F)F)CC3)CC2)CC1. The van der Waals surface area contributed by atoms with Crippen molar-refractivity contribution < 1.29 is 22.3 Å². The van der Waals surface area contributed by atoms with Crippen LogP contribution in [0.4, 0.5) is 17.6 Å². The molecule has 0 aromatic heterocycles. The van der Waals surface area contributed by atoms with Crippen LogP contribution in [0.15, 0.2) is 6.07 Å². The van der Waals surface area contributed by atoms with Crippen molar-refractivity contribution in [2.75, 3.05) is 6.61 Å². The maximum atomic E-state index is 14.9. The first-order valence-corrected chi connectivity index (χ1v) is 16.7. The van der Waals surface area contributed by atoms with Crippen LogP contribution in [-0.4, -0.2) is 6.61 Å². The topological polar surface area (TPSA) is 12.5 Å². The van der Waals surface area contributed by atoms with Gasteiger partial charge in [0.05, 0.1) is 12.2 Å². The summed E-state index contributed by atoms with van der Waals surface area (Å²) < 4.78 is 61.7. The zero-order chi connectivity index (χ0) is 28.3. The lowest BCUT2D eigenvalue weighted by Crippen LogP contribution is -2.26. The number of hydrogen-bond acceptors (Lipinski definition) is 1. The van der Waals surface area contributed by atoms with Crippen LogP contribution in [0.1, 0.15) is 144 Å². The number of hydrogen-bond donors (Lipinski definition) is 0. The summed E-state index contributed by atoms with van der Waals surface area (Å²) >= 11 is 0. The van der Waals surface area contributed by atoms with Gasteiger partial charge in [-0.3, -0.25) is 0 Å². The molecule has 1 nitrogen and oxygen atoms in total. The van der Waals surface area contributed by atoms with Crippen LogP contribution in [-0.2, 0) is 17.3 Å². The fourth-order valence-electron chi connectivity index (χ4n) is 8.87. The van der Waals surface area contributed by atoms with Gasteiger partial charge in [0, 0.05) is 5.56 Å². The quantitative estimate of drug-likeness (QED) is 0.203. The molecular formula is C35H52F4O. The van der Waals surface area contributed by atoms with Crippen LogP contribution >= 0.6 is 0 Å². The highest BCUT2D eigenvalue weighted by Gasteiger charge is 2.41. The van der Waals surface area contributed by atoms with Gasteiger partial charge in [0.1, 0.15) is 11.9 Å². The first-order valence-electron chi connectivity index (χ1n) is 16.7. The average molecular weight is 565 g/mol. The van der Waals surface area contributed by atoms with Crippen LogP contribution in [0.2, 0.25) is 0 Å². The molecule has 0 bridgehead atoms. The number of aryl methyl sites for hydroxylation is 1. The van der Waals surface area contributed by atoms with Gasteiger partial charge in [-0.2, -0.15) is 13.2 Å². The maximum Gasteiger partial charge on any atom is 0.419 e. The molecule has 40 heavy (non-hydrogen) atoms. The summed E-state index contributed by atoms with van der Waals surface area (Å²) in [5.74, 6) is 3.92. The first kappa shape index (κ1) is 30.4. The number of alkyl halides is 3. The van der Waals surface area contributed by atoms with E-state index in [9.17, 15) is 17.6 Å². The average Bonchev–Trinajstić information content (AvgIpc) is 3.78. The maximum absolute atomic E-state index is 14.9. The third-order valence-corrected chi connectivity index (χ3v) is 11.5. The van der Waals surface area contributed by atoms with Gasteiger partial charge in [0.2, 0.25) is 0 Å². The first-order chi connectivity index (χ1) is 19.2. The van der Waals surface area contributed by atoms with Crippen molar-refractivity contribution in [1.82, 2.24) is 0 Å². The van der Waals surface area contributed by atoms with Crippen molar-refractivity contribution in [2.45, 2.75) is 142 Å². The number of rotatable bonds is 10. The van der Waals surface area contributed by atoms with Crippen LogP contribution in [0.25, 0.3) is 0 Å². The lowest BCUT2D eigenvalue weighted by molar-refractivity contribution is -0.140. The Bertz CT molecular complexity index is 943. The van der Waals surface area contributed by atoms with Crippen LogP contribution in [0, 0.1) is 48.2 Å². The normalized spacial score (nSPS) is 33.2. The molecule has 5 rings (SSSR count). The summed E-state index contributed by atoms with van der Waals surface area (Å²) in [7, 11) is 0. The fraction of sp³-hybridized carbons (Fsp3) is 0.829. The van der Waals surface area contributed by atoms with E-state index in [0.29, 0.717) is 24.5 Å². The Kier molecular flexibility index (Phi) is 10.2. The zero-order valence-corrected chi connectivity index (χ0v) is 25.0. The highest BCUT2D eigenvalue weighted by atomic mass is 19.4. The van der Waals surface area contributed by atoms with Crippen molar-refractivity contribution in [3.05, 3.63) is 34.1 Å². The molecule has 4 fully saturated rings. The van der Waals surface area contributed by atoms with Gasteiger partial charge < -0.3 is 4.74 Å². The van der Waals surface area contributed by atoms with Crippen LogP contribution in [0.3, 0.4) is 0 Å². The summed E-state index contributed by atoms with van der Waals surface area (Å²) in [4.78, 5) is 0.